The van der Waals surface area contributed by atoms with Crippen molar-refractivity contribution in [3.63, 3.8) is 0 Å². The van der Waals surface area contributed by atoms with Crippen LogP contribution >= 0.6 is 23.2 Å². The van der Waals surface area contributed by atoms with Crippen LogP contribution in [0.4, 0.5) is 5.95 Å². The molecule has 5 rings (SSSR count). The van der Waals surface area contributed by atoms with E-state index >= 15 is 0 Å². The van der Waals surface area contributed by atoms with Gasteiger partial charge in [0.25, 0.3) is 5.91 Å². The van der Waals surface area contributed by atoms with Gasteiger partial charge in [-0.05, 0) is 73.7 Å². The number of benzene rings is 3. The Labute approximate surface area is 252 Å². The number of piperidine rings is 1. The van der Waals surface area contributed by atoms with Crippen molar-refractivity contribution in [2.45, 2.75) is 37.6 Å². The van der Waals surface area contributed by atoms with E-state index in [1.165, 1.54) is 5.56 Å². The molecule has 1 aromatic heterocycles. The van der Waals surface area contributed by atoms with Crippen molar-refractivity contribution in [2.24, 2.45) is 0 Å². The van der Waals surface area contributed by atoms with Gasteiger partial charge in [0.05, 0.1) is 21.1 Å². The van der Waals surface area contributed by atoms with Gasteiger partial charge in [-0.2, -0.15) is 0 Å². The van der Waals surface area contributed by atoms with Gasteiger partial charge < -0.3 is 20.1 Å². The summed E-state index contributed by atoms with van der Waals surface area (Å²) in [4.78, 5) is 25.7. The van der Waals surface area contributed by atoms with Crippen LogP contribution in [0.1, 0.15) is 46.7 Å². The normalized spacial score (nSPS) is 15.1. The van der Waals surface area contributed by atoms with Crippen molar-refractivity contribution in [3.05, 3.63) is 106 Å². The molecule has 0 saturated carbocycles. The number of nitrogens with one attached hydrogen (secondary N) is 2. The Morgan fingerprint density at radius 2 is 1.90 bits per heavy atom. The van der Waals surface area contributed by atoms with E-state index in [-0.39, 0.29) is 11.8 Å². The molecule has 2 heterocycles. The van der Waals surface area contributed by atoms with Crippen LogP contribution in [0.5, 0.6) is 0 Å². The third kappa shape index (κ3) is 7.31. The standard InChI is InChI=1S/C33H37Cl2N5O/c1-3-8-23-11-7-12-30-31(23)38-33(37-30)36-27-16-19-40(20-17-27)18-15-26(25-13-14-28(34)29(35)21-25)22-39(2)32(41)24-9-5-4-6-10-24/h3-7,9-14,21,26-27H,1,8,15-20,22H2,2H3,(H2,36,37,38). The van der Waals surface area contributed by atoms with Crippen LogP contribution in [0.25, 0.3) is 11.0 Å². The fourth-order valence-electron chi connectivity index (χ4n) is 5.66. The van der Waals surface area contributed by atoms with Crippen molar-refractivity contribution in [3.8, 4) is 0 Å². The number of amides is 1. The Balaban J connectivity index is 1.19. The smallest absolute Gasteiger partial charge is 0.253 e. The zero-order valence-electron chi connectivity index (χ0n) is 23.5. The minimum Gasteiger partial charge on any atom is -0.353 e. The second-order valence-electron chi connectivity index (χ2n) is 10.9. The number of carbonyl (C=O) groups is 1. The first-order valence-electron chi connectivity index (χ1n) is 14.2. The molecular formula is C33H37Cl2N5O. The van der Waals surface area contributed by atoms with Crippen molar-refractivity contribution < 1.29 is 4.79 Å². The monoisotopic (exact) mass is 589 g/mol. The zero-order valence-corrected chi connectivity index (χ0v) is 25.0. The molecule has 41 heavy (non-hydrogen) atoms. The summed E-state index contributed by atoms with van der Waals surface area (Å²) in [6, 6.07) is 21.8. The molecule has 1 unspecified atom stereocenters. The maximum atomic E-state index is 13.1. The average Bonchev–Trinajstić information content (AvgIpc) is 3.41. The number of H-pyrrole nitrogens is 1. The van der Waals surface area contributed by atoms with E-state index in [0.29, 0.717) is 28.2 Å². The van der Waals surface area contributed by atoms with Crippen LogP contribution in [0.15, 0.2) is 79.4 Å². The zero-order chi connectivity index (χ0) is 28.8. The molecule has 1 aliphatic heterocycles. The summed E-state index contributed by atoms with van der Waals surface area (Å²) < 4.78 is 0. The SMILES string of the molecule is C=CCc1cccc2[nH]c(NC3CCN(CCC(CN(C)C(=O)c4ccccc4)c4ccc(Cl)c(Cl)c4)CC3)nc12. The quantitative estimate of drug-likeness (QED) is 0.179. The van der Waals surface area contributed by atoms with Gasteiger partial charge in [-0.1, -0.05) is 65.7 Å². The first-order chi connectivity index (χ1) is 19.9. The first kappa shape index (κ1) is 29.2. The number of aromatic amines is 1. The number of likely N-dealkylation sites (tertiary alicyclic amines) is 1. The van der Waals surface area contributed by atoms with Crippen LogP contribution in [-0.4, -0.2) is 64.9 Å². The third-order valence-corrected chi connectivity index (χ3v) is 8.70. The third-order valence-electron chi connectivity index (χ3n) is 7.96. The van der Waals surface area contributed by atoms with Gasteiger partial charge in [0.2, 0.25) is 5.95 Å². The van der Waals surface area contributed by atoms with Gasteiger partial charge in [-0.15, -0.1) is 6.58 Å². The van der Waals surface area contributed by atoms with Gasteiger partial charge in [0.15, 0.2) is 0 Å². The molecular weight excluding hydrogens is 553 g/mol. The van der Waals surface area contributed by atoms with Crippen molar-refractivity contribution >= 4 is 46.1 Å². The first-order valence-corrected chi connectivity index (χ1v) is 15.0. The highest BCUT2D eigenvalue weighted by Gasteiger charge is 2.24. The highest BCUT2D eigenvalue weighted by Crippen LogP contribution is 2.30. The number of allylic oxidation sites excluding steroid dienone is 1. The largest absolute Gasteiger partial charge is 0.353 e. The number of para-hydroxylation sites is 1. The summed E-state index contributed by atoms with van der Waals surface area (Å²) in [5, 5.41) is 4.71. The van der Waals surface area contributed by atoms with Crippen LogP contribution in [0.2, 0.25) is 10.0 Å². The lowest BCUT2D eigenvalue weighted by molar-refractivity contribution is 0.0782. The maximum absolute atomic E-state index is 13.1. The summed E-state index contributed by atoms with van der Waals surface area (Å²) in [5.74, 6) is 0.990. The molecule has 4 aromatic rings. The summed E-state index contributed by atoms with van der Waals surface area (Å²) in [6.07, 6.45) is 5.72. The van der Waals surface area contributed by atoms with E-state index < -0.39 is 0 Å². The molecule has 1 atom stereocenters. The number of imidazole rings is 1. The van der Waals surface area contributed by atoms with E-state index in [4.69, 9.17) is 28.2 Å². The Hall–Kier alpha value is -3.32. The number of hydrogen-bond acceptors (Lipinski definition) is 4. The summed E-state index contributed by atoms with van der Waals surface area (Å²) in [7, 11) is 1.87. The van der Waals surface area contributed by atoms with E-state index in [1.54, 1.807) is 0 Å². The van der Waals surface area contributed by atoms with Crippen molar-refractivity contribution in [2.75, 3.05) is 38.5 Å². The molecule has 214 valence electrons. The van der Waals surface area contributed by atoms with Crippen molar-refractivity contribution in [1.82, 2.24) is 19.8 Å². The summed E-state index contributed by atoms with van der Waals surface area (Å²) >= 11 is 12.6. The number of carbonyl (C=O) groups excluding carboxylic acids is 1. The molecule has 1 fully saturated rings. The number of hydrogen-bond donors (Lipinski definition) is 2. The van der Waals surface area contributed by atoms with Crippen LogP contribution in [0, 0.1) is 0 Å². The predicted molar refractivity (Wildman–Crippen MR) is 170 cm³/mol. The minimum absolute atomic E-state index is 0.0183. The predicted octanol–water partition coefficient (Wildman–Crippen LogP) is 7.42. The number of halogens is 2. The molecule has 0 bridgehead atoms. The van der Waals surface area contributed by atoms with Gasteiger partial charge in [-0.25, -0.2) is 4.98 Å². The fourth-order valence-corrected chi connectivity index (χ4v) is 5.96. The van der Waals surface area contributed by atoms with E-state index in [9.17, 15) is 4.79 Å². The highest BCUT2D eigenvalue weighted by atomic mass is 35.5. The van der Waals surface area contributed by atoms with Crippen molar-refractivity contribution in [1.29, 1.82) is 0 Å². The molecule has 1 aliphatic rings. The molecule has 1 amide bonds. The Morgan fingerprint density at radius 1 is 1.12 bits per heavy atom. The number of aromatic nitrogens is 2. The lowest BCUT2D eigenvalue weighted by Gasteiger charge is -2.34. The molecule has 8 heteroatoms. The topological polar surface area (TPSA) is 64.3 Å². The number of anilines is 1. The van der Waals surface area contributed by atoms with E-state index in [2.05, 4.69) is 40.0 Å². The summed E-state index contributed by atoms with van der Waals surface area (Å²) in [6.45, 7) is 7.43. The second kappa shape index (κ2) is 13.6. The lowest BCUT2D eigenvalue weighted by Crippen LogP contribution is -2.40. The van der Waals surface area contributed by atoms with E-state index in [0.717, 1.165) is 67.9 Å². The number of fused-ring (bicyclic) bond motifs is 1. The minimum atomic E-state index is 0.0183. The van der Waals surface area contributed by atoms with Crippen LogP contribution in [-0.2, 0) is 6.42 Å². The van der Waals surface area contributed by atoms with Gasteiger partial charge in [0, 0.05) is 44.2 Å². The van der Waals surface area contributed by atoms with Gasteiger partial charge >= 0.3 is 0 Å². The van der Waals surface area contributed by atoms with Gasteiger partial charge in [-0.3, -0.25) is 4.79 Å². The second-order valence-corrected chi connectivity index (χ2v) is 11.7. The highest BCUT2D eigenvalue weighted by molar-refractivity contribution is 6.42. The number of likely N-dealkylation sites (N-methyl/N-ethyl adjacent to an activating group) is 1. The van der Waals surface area contributed by atoms with Crippen LogP contribution < -0.4 is 5.32 Å². The Morgan fingerprint density at radius 3 is 2.63 bits per heavy atom. The molecule has 2 N–H and O–H groups in total. The number of nitrogens with zero attached hydrogens (tertiary/aromatic N) is 3. The summed E-state index contributed by atoms with van der Waals surface area (Å²) in [5.41, 5.74) is 5.04. The number of rotatable bonds is 11. The molecule has 0 aliphatic carbocycles. The molecule has 6 nitrogen and oxygen atoms in total. The van der Waals surface area contributed by atoms with Crippen LogP contribution in [0.3, 0.4) is 0 Å². The lowest BCUT2D eigenvalue weighted by atomic mass is 9.94. The molecule has 0 spiro atoms. The fraction of sp³-hybridized carbons (Fsp3) is 0.333. The average molecular weight is 591 g/mol. The maximum Gasteiger partial charge on any atom is 0.253 e. The molecule has 0 radical (unpaired) electrons. The Bertz CT molecular complexity index is 1480. The van der Waals surface area contributed by atoms with E-state index in [1.807, 2.05) is 66.6 Å². The molecule has 1 saturated heterocycles. The Kier molecular flexibility index (Phi) is 9.65. The van der Waals surface area contributed by atoms with Gasteiger partial charge in [0.1, 0.15) is 0 Å². The molecule has 3 aromatic carbocycles.